The minimum absolute atomic E-state index is 0.0479. The van der Waals surface area contributed by atoms with E-state index in [1.165, 1.54) is 16.9 Å². The second kappa shape index (κ2) is 7.62. The van der Waals surface area contributed by atoms with Gasteiger partial charge in [-0.15, -0.1) is 11.3 Å². The van der Waals surface area contributed by atoms with Crippen LogP contribution in [0.1, 0.15) is 47.0 Å². The molecule has 1 aromatic heterocycles. The third kappa shape index (κ3) is 3.40. The molecule has 5 heteroatoms. The van der Waals surface area contributed by atoms with E-state index in [0.717, 1.165) is 37.1 Å². The van der Waals surface area contributed by atoms with E-state index in [4.69, 9.17) is 0 Å². The van der Waals surface area contributed by atoms with E-state index >= 15 is 0 Å². The van der Waals surface area contributed by atoms with Crippen molar-refractivity contribution in [1.82, 2.24) is 9.80 Å². The molecule has 0 bridgehead atoms. The van der Waals surface area contributed by atoms with E-state index in [1.54, 1.807) is 0 Å². The summed E-state index contributed by atoms with van der Waals surface area (Å²) in [6.07, 6.45) is 3.66. The highest BCUT2D eigenvalue weighted by Crippen LogP contribution is 2.34. The van der Waals surface area contributed by atoms with Gasteiger partial charge in [0.2, 0.25) is 5.91 Å². The average molecular weight is 369 g/mol. The number of benzene rings is 1. The Morgan fingerprint density at radius 3 is 2.38 bits per heavy atom. The Labute approximate surface area is 158 Å². The van der Waals surface area contributed by atoms with E-state index < -0.39 is 0 Å². The smallest absolute Gasteiger partial charge is 0.263 e. The second-order valence-corrected chi connectivity index (χ2v) is 8.09. The Hall–Kier alpha value is -2.14. The molecule has 0 N–H and O–H groups in total. The van der Waals surface area contributed by atoms with Crippen LogP contribution in [0.5, 0.6) is 0 Å². The van der Waals surface area contributed by atoms with Crippen molar-refractivity contribution in [2.75, 3.05) is 19.6 Å². The van der Waals surface area contributed by atoms with Crippen LogP contribution >= 0.6 is 11.3 Å². The average Bonchev–Trinajstić information content (AvgIpc) is 3.39. The van der Waals surface area contributed by atoms with Gasteiger partial charge in [-0.05, 0) is 42.7 Å². The van der Waals surface area contributed by atoms with Crippen LogP contribution in [0.15, 0.2) is 47.8 Å². The van der Waals surface area contributed by atoms with Crippen molar-refractivity contribution < 1.29 is 9.59 Å². The Morgan fingerprint density at radius 2 is 1.69 bits per heavy atom. The van der Waals surface area contributed by atoms with E-state index in [2.05, 4.69) is 17.0 Å². The fraction of sp³-hybridized carbons (Fsp3) is 0.429. The maximum atomic E-state index is 13.1. The summed E-state index contributed by atoms with van der Waals surface area (Å²) in [5.74, 6) is 0.431. The van der Waals surface area contributed by atoms with Crippen LogP contribution in [0.3, 0.4) is 0 Å². The molecule has 0 radical (unpaired) electrons. The van der Waals surface area contributed by atoms with Crippen molar-refractivity contribution in [2.24, 2.45) is 5.92 Å². The molecule has 4 nitrogen and oxygen atoms in total. The molecule has 2 fully saturated rings. The standard InChI is InChI=1S/C21H24N2O2S/c24-20(23-12-4-8-18(23)16-6-2-1-3-7-16)17-10-13-22(14-11-17)21(25)19-9-5-15-26-19/h1-3,5-7,9,15,17-18H,4,8,10-14H2. The molecule has 2 amide bonds. The van der Waals surface area contributed by atoms with Gasteiger partial charge in [-0.2, -0.15) is 0 Å². The van der Waals surface area contributed by atoms with Crippen molar-refractivity contribution in [3.8, 4) is 0 Å². The Balaban J connectivity index is 1.38. The molecule has 2 saturated heterocycles. The van der Waals surface area contributed by atoms with Crippen molar-refractivity contribution in [3.63, 3.8) is 0 Å². The Bertz CT molecular complexity index is 752. The molecule has 1 aromatic carbocycles. The minimum atomic E-state index is 0.0479. The number of rotatable bonds is 3. The first-order valence-corrected chi connectivity index (χ1v) is 10.3. The number of carbonyl (C=O) groups is 2. The van der Waals surface area contributed by atoms with Gasteiger partial charge in [0.05, 0.1) is 10.9 Å². The molecule has 26 heavy (non-hydrogen) atoms. The van der Waals surface area contributed by atoms with Gasteiger partial charge in [0, 0.05) is 25.6 Å². The first-order chi connectivity index (χ1) is 12.7. The second-order valence-electron chi connectivity index (χ2n) is 7.14. The highest BCUT2D eigenvalue weighted by molar-refractivity contribution is 7.12. The number of hydrogen-bond donors (Lipinski definition) is 0. The monoisotopic (exact) mass is 368 g/mol. The van der Waals surface area contributed by atoms with Crippen molar-refractivity contribution in [1.29, 1.82) is 0 Å². The quantitative estimate of drug-likeness (QED) is 0.823. The van der Waals surface area contributed by atoms with Crippen LogP contribution in [-0.2, 0) is 4.79 Å². The minimum Gasteiger partial charge on any atom is -0.338 e. The molecule has 1 unspecified atom stereocenters. The maximum Gasteiger partial charge on any atom is 0.263 e. The van der Waals surface area contributed by atoms with Crippen molar-refractivity contribution >= 4 is 23.2 Å². The molecule has 136 valence electrons. The van der Waals surface area contributed by atoms with Gasteiger partial charge in [0.25, 0.3) is 5.91 Å². The zero-order valence-electron chi connectivity index (χ0n) is 14.8. The third-order valence-corrected chi connectivity index (χ3v) is 6.44. The van der Waals surface area contributed by atoms with Gasteiger partial charge >= 0.3 is 0 Å². The lowest BCUT2D eigenvalue weighted by Crippen LogP contribution is -2.44. The molecule has 4 rings (SSSR count). The molecule has 2 aromatic rings. The maximum absolute atomic E-state index is 13.1. The van der Waals surface area contributed by atoms with E-state index in [-0.39, 0.29) is 23.8 Å². The highest BCUT2D eigenvalue weighted by atomic mass is 32.1. The largest absolute Gasteiger partial charge is 0.338 e. The predicted octanol–water partition coefficient (Wildman–Crippen LogP) is 3.96. The molecule has 0 saturated carbocycles. The molecule has 1 atom stereocenters. The van der Waals surface area contributed by atoms with Crippen molar-refractivity contribution in [3.05, 3.63) is 58.3 Å². The molecule has 3 heterocycles. The predicted molar refractivity (Wildman–Crippen MR) is 103 cm³/mol. The van der Waals surface area contributed by atoms with Crippen LogP contribution < -0.4 is 0 Å². The van der Waals surface area contributed by atoms with E-state index in [1.807, 2.05) is 40.6 Å². The molecular formula is C21H24N2O2S. The fourth-order valence-electron chi connectivity index (χ4n) is 4.17. The van der Waals surface area contributed by atoms with Gasteiger partial charge < -0.3 is 9.80 Å². The lowest BCUT2D eigenvalue weighted by Gasteiger charge is -2.35. The van der Waals surface area contributed by atoms with Crippen LogP contribution in [0.4, 0.5) is 0 Å². The number of thiophene rings is 1. The fourth-order valence-corrected chi connectivity index (χ4v) is 4.86. The van der Waals surface area contributed by atoms with Crippen LogP contribution in [0.2, 0.25) is 0 Å². The van der Waals surface area contributed by atoms with E-state index in [0.29, 0.717) is 13.1 Å². The zero-order chi connectivity index (χ0) is 17.9. The van der Waals surface area contributed by atoms with Gasteiger partial charge in [0.1, 0.15) is 0 Å². The number of likely N-dealkylation sites (tertiary alicyclic amines) is 2. The highest BCUT2D eigenvalue weighted by Gasteiger charge is 2.36. The van der Waals surface area contributed by atoms with Gasteiger partial charge in [0.15, 0.2) is 0 Å². The summed E-state index contributed by atoms with van der Waals surface area (Å²) in [4.78, 5) is 30.4. The number of amides is 2. The van der Waals surface area contributed by atoms with Crippen LogP contribution in [0, 0.1) is 5.92 Å². The molecule has 0 aliphatic carbocycles. The van der Waals surface area contributed by atoms with Crippen LogP contribution in [0.25, 0.3) is 0 Å². The van der Waals surface area contributed by atoms with Gasteiger partial charge in [-0.3, -0.25) is 9.59 Å². The van der Waals surface area contributed by atoms with Gasteiger partial charge in [-0.25, -0.2) is 0 Å². The Morgan fingerprint density at radius 1 is 0.923 bits per heavy atom. The lowest BCUT2D eigenvalue weighted by molar-refractivity contribution is -0.137. The summed E-state index contributed by atoms with van der Waals surface area (Å²) in [5, 5.41) is 1.93. The van der Waals surface area contributed by atoms with Crippen molar-refractivity contribution in [2.45, 2.75) is 31.7 Å². The summed E-state index contributed by atoms with van der Waals surface area (Å²) in [5.41, 5.74) is 1.24. The summed E-state index contributed by atoms with van der Waals surface area (Å²) >= 11 is 1.48. The zero-order valence-corrected chi connectivity index (χ0v) is 15.7. The molecule has 0 spiro atoms. The Kier molecular flexibility index (Phi) is 5.07. The molecular weight excluding hydrogens is 344 g/mol. The normalized spacial score (nSPS) is 21.2. The summed E-state index contributed by atoms with van der Waals surface area (Å²) in [6.45, 7) is 2.21. The number of hydrogen-bond acceptors (Lipinski definition) is 3. The van der Waals surface area contributed by atoms with E-state index in [9.17, 15) is 9.59 Å². The summed E-state index contributed by atoms with van der Waals surface area (Å²) in [7, 11) is 0. The van der Waals surface area contributed by atoms with Gasteiger partial charge in [-0.1, -0.05) is 36.4 Å². The lowest BCUT2D eigenvalue weighted by atomic mass is 9.94. The first kappa shape index (κ1) is 17.3. The number of nitrogens with zero attached hydrogens (tertiary/aromatic N) is 2. The number of carbonyl (C=O) groups excluding carboxylic acids is 2. The van der Waals surface area contributed by atoms with Crippen LogP contribution in [-0.4, -0.2) is 41.2 Å². The first-order valence-electron chi connectivity index (χ1n) is 9.42. The topological polar surface area (TPSA) is 40.6 Å². The SMILES string of the molecule is O=C(c1cccs1)N1CCC(C(=O)N2CCCC2c2ccccc2)CC1. The summed E-state index contributed by atoms with van der Waals surface area (Å²) < 4.78 is 0. The number of piperidine rings is 1. The molecule has 2 aliphatic heterocycles. The summed E-state index contributed by atoms with van der Waals surface area (Å²) in [6, 6.07) is 14.4. The molecule has 2 aliphatic rings. The third-order valence-electron chi connectivity index (χ3n) is 5.58.